The number of hydrogen-bond acceptors (Lipinski definition) is 2. The van der Waals surface area contributed by atoms with E-state index in [1.807, 2.05) is 0 Å². The summed E-state index contributed by atoms with van der Waals surface area (Å²) in [6, 6.07) is 0. The third-order valence-corrected chi connectivity index (χ3v) is 4.87. The summed E-state index contributed by atoms with van der Waals surface area (Å²) in [7, 11) is 0. The minimum Gasteiger partial charge on any atom is -0.385 e. The summed E-state index contributed by atoms with van der Waals surface area (Å²) in [5, 5.41) is 0. The Labute approximate surface area is 136 Å². The zero-order valence-corrected chi connectivity index (χ0v) is 15.1. The molecule has 3 heteroatoms. The molecule has 0 fully saturated rings. The quantitative estimate of drug-likeness (QED) is 0.278. The first kappa shape index (κ1) is 20.2. The maximum absolute atomic E-state index is 5.44. The lowest BCUT2D eigenvalue weighted by atomic mass is 10.0. The number of unbranched alkanes of at least 4 members (excludes halogenated alkanes) is 13. The molecule has 0 aromatic carbocycles. The highest BCUT2D eigenvalue weighted by Gasteiger charge is 1.95. The van der Waals surface area contributed by atoms with E-state index < -0.39 is 0 Å². The van der Waals surface area contributed by atoms with E-state index in [1.165, 1.54) is 89.9 Å². The van der Waals surface area contributed by atoms with Crippen LogP contribution in [0.15, 0.2) is 0 Å². The molecule has 0 heterocycles. The molecule has 0 rings (SSSR count). The number of thioether (sulfide) groups is 1. The summed E-state index contributed by atoms with van der Waals surface area (Å²) in [5.74, 6) is 1.10. The van der Waals surface area contributed by atoms with E-state index in [0.29, 0.717) is 4.32 Å². The number of hydrogen-bond donors (Lipinski definition) is 1. The zero-order valence-electron chi connectivity index (χ0n) is 13.5. The van der Waals surface area contributed by atoms with Gasteiger partial charge in [-0.15, -0.1) is 0 Å². The lowest BCUT2D eigenvalue weighted by Gasteiger charge is -2.03. The molecule has 0 amide bonds. The third-order valence-electron chi connectivity index (χ3n) is 3.74. The molecule has 0 aliphatic rings. The van der Waals surface area contributed by atoms with Crippen molar-refractivity contribution in [1.29, 1.82) is 0 Å². The highest BCUT2D eigenvalue weighted by atomic mass is 32.2. The van der Waals surface area contributed by atoms with Gasteiger partial charge in [0.05, 0.1) is 0 Å². The fraction of sp³-hybridized carbons (Fsp3) is 0.941. The van der Waals surface area contributed by atoms with E-state index in [4.69, 9.17) is 18.0 Å². The van der Waals surface area contributed by atoms with Crippen LogP contribution in [0.5, 0.6) is 0 Å². The first-order valence-corrected chi connectivity index (χ1v) is 10.1. The first-order valence-electron chi connectivity index (χ1n) is 8.69. The van der Waals surface area contributed by atoms with E-state index in [9.17, 15) is 0 Å². The Hall–Kier alpha value is 0.240. The second-order valence-electron chi connectivity index (χ2n) is 5.76. The van der Waals surface area contributed by atoms with Crippen LogP contribution in [0.25, 0.3) is 0 Å². The predicted molar refractivity (Wildman–Crippen MR) is 99.6 cm³/mol. The summed E-state index contributed by atoms with van der Waals surface area (Å²) in [4.78, 5) is 0. The molecule has 0 bridgehead atoms. The lowest BCUT2D eigenvalue weighted by molar-refractivity contribution is 0.538. The van der Waals surface area contributed by atoms with Gasteiger partial charge in [0.1, 0.15) is 4.32 Å². The van der Waals surface area contributed by atoms with Crippen LogP contribution >= 0.6 is 24.0 Å². The molecule has 0 aliphatic carbocycles. The van der Waals surface area contributed by atoms with Gasteiger partial charge in [0.2, 0.25) is 0 Å². The lowest BCUT2D eigenvalue weighted by Crippen LogP contribution is -2.02. The van der Waals surface area contributed by atoms with Crippen molar-refractivity contribution >= 4 is 28.3 Å². The summed E-state index contributed by atoms with van der Waals surface area (Å²) in [5.41, 5.74) is 5.44. The number of rotatable bonds is 15. The maximum Gasteiger partial charge on any atom is 0.131 e. The monoisotopic (exact) mass is 317 g/mol. The fourth-order valence-electron chi connectivity index (χ4n) is 2.47. The van der Waals surface area contributed by atoms with Gasteiger partial charge < -0.3 is 5.73 Å². The second-order valence-corrected chi connectivity index (χ2v) is 7.60. The van der Waals surface area contributed by atoms with Crippen LogP contribution in [-0.4, -0.2) is 10.1 Å². The van der Waals surface area contributed by atoms with Crippen LogP contribution in [0.2, 0.25) is 0 Å². The van der Waals surface area contributed by atoms with E-state index in [0.717, 1.165) is 5.75 Å². The molecular weight excluding hydrogens is 282 g/mol. The van der Waals surface area contributed by atoms with Crippen molar-refractivity contribution in [1.82, 2.24) is 0 Å². The topological polar surface area (TPSA) is 26.0 Å². The molecule has 1 nitrogen and oxygen atoms in total. The van der Waals surface area contributed by atoms with E-state index in [2.05, 4.69) is 6.92 Å². The maximum atomic E-state index is 5.44. The van der Waals surface area contributed by atoms with Gasteiger partial charge in [-0.1, -0.05) is 114 Å². The van der Waals surface area contributed by atoms with Crippen LogP contribution in [0.4, 0.5) is 0 Å². The van der Waals surface area contributed by atoms with Gasteiger partial charge in [-0.25, -0.2) is 0 Å². The summed E-state index contributed by atoms with van der Waals surface area (Å²) in [6.07, 6.45) is 19.8. The largest absolute Gasteiger partial charge is 0.385 e. The Bertz CT molecular complexity index is 207. The second kappa shape index (κ2) is 17.3. The fourth-order valence-corrected chi connectivity index (χ4v) is 3.27. The van der Waals surface area contributed by atoms with Gasteiger partial charge in [-0.2, -0.15) is 0 Å². The van der Waals surface area contributed by atoms with Crippen molar-refractivity contribution in [2.24, 2.45) is 5.73 Å². The molecule has 0 atom stereocenters. The highest BCUT2D eigenvalue weighted by molar-refractivity contribution is 8.22. The van der Waals surface area contributed by atoms with Crippen molar-refractivity contribution in [2.75, 3.05) is 5.75 Å². The average molecular weight is 318 g/mol. The summed E-state index contributed by atoms with van der Waals surface area (Å²) < 4.78 is 0.597. The van der Waals surface area contributed by atoms with E-state index >= 15 is 0 Å². The molecule has 0 saturated heterocycles. The highest BCUT2D eigenvalue weighted by Crippen LogP contribution is 2.13. The molecule has 0 unspecified atom stereocenters. The Morgan fingerprint density at radius 3 is 1.40 bits per heavy atom. The molecule has 2 N–H and O–H groups in total. The van der Waals surface area contributed by atoms with Crippen LogP contribution in [0, 0.1) is 0 Å². The Morgan fingerprint density at radius 2 is 1.05 bits per heavy atom. The van der Waals surface area contributed by atoms with Gasteiger partial charge in [0.25, 0.3) is 0 Å². The summed E-state index contributed by atoms with van der Waals surface area (Å²) in [6.45, 7) is 2.28. The standard InChI is InChI=1S/C17H35NS2/c1-2-3-4-5-6-7-8-9-10-11-12-13-14-15-16-20-17(18)19/h2-16H2,1H3,(H2,18,19). The average Bonchev–Trinajstić information content (AvgIpc) is 2.43. The molecule has 0 radical (unpaired) electrons. The van der Waals surface area contributed by atoms with Gasteiger partial charge >= 0.3 is 0 Å². The predicted octanol–water partition coefficient (Wildman–Crippen LogP) is 6.44. The smallest absolute Gasteiger partial charge is 0.131 e. The number of nitrogens with two attached hydrogens (primary N) is 1. The Morgan fingerprint density at radius 1 is 0.700 bits per heavy atom. The van der Waals surface area contributed by atoms with Crippen molar-refractivity contribution in [2.45, 2.75) is 96.8 Å². The van der Waals surface area contributed by atoms with Gasteiger partial charge in [0.15, 0.2) is 0 Å². The van der Waals surface area contributed by atoms with E-state index in [-0.39, 0.29) is 0 Å². The van der Waals surface area contributed by atoms with Crippen LogP contribution in [0.1, 0.15) is 96.8 Å². The van der Waals surface area contributed by atoms with Crippen molar-refractivity contribution in [3.63, 3.8) is 0 Å². The van der Waals surface area contributed by atoms with Gasteiger partial charge in [-0.3, -0.25) is 0 Å². The Balaban J connectivity index is 2.94. The third kappa shape index (κ3) is 18.2. The molecule has 20 heavy (non-hydrogen) atoms. The SMILES string of the molecule is CCCCCCCCCCCCCCCCSC(N)=S. The first-order chi connectivity index (χ1) is 9.77. The van der Waals surface area contributed by atoms with Crippen molar-refractivity contribution in [3.8, 4) is 0 Å². The van der Waals surface area contributed by atoms with Crippen LogP contribution in [-0.2, 0) is 0 Å². The molecule has 0 saturated carbocycles. The van der Waals surface area contributed by atoms with Gasteiger partial charge in [-0.05, 0) is 6.42 Å². The van der Waals surface area contributed by atoms with Gasteiger partial charge in [0, 0.05) is 5.75 Å². The number of thiocarbonyl (C=S) groups is 1. The molecule has 0 aliphatic heterocycles. The normalized spacial score (nSPS) is 10.8. The Kier molecular flexibility index (Phi) is 17.5. The molecule has 0 aromatic heterocycles. The minimum absolute atomic E-state index is 0.597. The molecule has 120 valence electrons. The molecule has 0 spiro atoms. The summed E-state index contributed by atoms with van der Waals surface area (Å²) >= 11 is 6.46. The van der Waals surface area contributed by atoms with Crippen LogP contribution in [0.3, 0.4) is 0 Å². The zero-order chi connectivity index (χ0) is 14.9. The molecule has 0 aromatic rings. The van der Waals surface area contributed by atoms with Crippen molar-refractivity contribution in [3.05, 3.63) is 0 Å². The van der Waals surface area contributed by atoms with Crippen LogP contribution < -0.4 is 5.73 Å². The minimum atomic E-state index is 0.597. The molecular formula is C17H35NS2. The van der Waals surface area contributed by atoms with Crippen molar-refractivity contribution < 1.29 is 0 Å². The van der Waals surface area contributed by atoms with E-state index in [1.54, 1.807) is 11.8 Å².